The number of halogens is 2. The molecule has 0 amide bonds. The summed E-state index contributed by atoms with van der Waals surface area (Å²) < 4.78 is 40.0. The maximum Gasteiger partial charge on any atom is 0.242 e. The van der Waals surface area contributed by atoms with Crippen molar-refractivity contribution < 1.29 is 12.8 Å². The Hall–Kier alpha value is -1.72. The SMILES string of the molecule is CCNC(=NCc1ccccc1S(=O)(=O)N(C)C)NCC1(c2cccc(F)c2)CC1.I. The zero-order valence-electron chi connectivity index (χ0n) is 18.1. The smallest absolute Gasteiger partial charge is 0.242 e. The lowest BCUT2D eigenvalue weighted by Crippen LogP contribution is -2.41. The van der Waals surface area contributed by atoms with Crippen LogP contribution in [0.3, 0.4) is 0 Å². The largest absolute Gasteiger partial charge is 0.357 e. The lowest BCUT2D eigenvalue weighted by molar-refractivity contribution is 0.519. The lowest BCUT2D eigenvalue weighted by atomic mass is 9.96. The molecule has 0 aromatic heterocycles. The van der Waals surface area contributed by atoms with E-state index in [2.05, 4.69) is 15.6 Å². The number of nitrogens with zero attached hydrogens (tertiary/aromatic N) is 2. The molecule has 2 aromatic rings. The second-order valence-corrected chi connectivity index (χ2v) is 9.85. The van der Waals surface area contributed by atoms with Gasteiger partial charge < -0.3 is 10.6 Å². The van der Waals surface area contributed by atoms with E-state index in [0.29, 0.717) is 24.6 Å². The average molecular weight is 560 g/mol. The van der Waals surface area contributed by atoms with Gasteiger partial charge >= 0.3 is 0 Å². The second-order valence-electron chi connectivity index (χ2n) is 7.73. The molecule has 1 aliphatic rings. The summed E-state index contributed by atoms with van der Waals surface area (Å²) in [6.45, 7) is 3.52. The van der Waals surface area contributed by atoms with E-state index in [0.717, 1.165) is 18.4 Å². The molecule has 1 fully saturated rings. The molecule has 2 aromatic carbocycles. The predicted molar refractivity (Wildman–Crippen MR) is 133 cm³/mol. The Labute approximate surface area is 201 Å². The van der Waals surface area contributed by atoms with Crippen molar-refractivity contribution in [3.8, 4) is 0 Å². The van der Waals surface area contributed by atoms with Gasteiger partial charge in [-0.15, -0.1) is 24.0 Å². The van der Waals surface area contributed by atoms with Gasteiger partial charge in [-0.3, -0.25) is 0 Å². The summed E-state index contributed by atoms with van der Waals surface area (Å²) in [5.74, 6) is 0.385. The van der Waals surface area contributed by atoms with Gasteiger partial charge in [0.1, 0.15) is 5.82 Å². The standard InChI is InChI=1S/C22H29FN4O2S.HI/c1-4-24-21(26-16-22(12-13-22)18-9-7-10-19(23)14-18)25-15-17-8-5-6-11-20(17)30(28,29)27(2)3;/h5-11,14H,4,12-13,15-16H2,1-3H3,(H2,24,25,26);1H. The summed E-state index contributed by atoms with van der Waals surface area (Å²) in [4.78, 5) is 4.85. The summed E-state index contributed by atoms with van der Waals surface area (Å²) in [6.07, 6.45) is 1.99. The van der Waals surface area contributed by atoms with E-state index in [-0.39, 0.29) is 46.6 Å². The highest BCUT2D eigenvalue weighted by Crippen LogP contribution is 2.47. The van der Waals surface area contributed by atoms with Gasteiger partial charge in [0.25, 0.3) is 0 Å². The fraction of sp³-hybridized carbons (Fsp3) is 0.409. The molecule has 0 unspecified atom stereocenters. The molecule has 2 N–H and O–H groups in total. The number of aliphatic imine (C=N–C) groups is 1. The Morgan fingerprint density at radius 3 is 2.45 bits per heavy atom. The maximum absolute atomic E-state index is 13.6. The average Bonchev–Trinajstić information content (AvgIpc) is 3.51. The Bertz CT molecular complexity index is 1020. The lowest BCUT2D eigenvalue weighted by Gasteiger charge is -2.19. The molecule has 1 saturated carbocycles. The molecule has 3 rings (SSSR count). The maximum atomic E-state index is 13.6. The summed E-state index contributed by atoms with van der Waals surface area (Å²) in [5.41, 5.74) is 1.55. The third-order valence-corrected chi connectivity index (χ3v) is 7.28. The van der Waals surface area contributed by atoms with Gasteiger partial charge in [0.2, 0.25) is 10.0 Å². The molecule has 9 heteroatoms. The summed E-state index contributed by atoms with van der Waals surface area (Å²) in [7, 11) is -0.513. The molecule has 170 valence electrons. The number of rotatable bonds is 8. The second kappa shape index (κ2) is 10.7. The first-order valence-electron chi connectivity index (χ1n) is 10.1. The first-order chi connectivity index (χ1) is 14.3. The van der Waals surface area contributed by atoms with E-state index in [1.165, 1.54) is 24.5 Å². The van der Waals surface area contributed by atoms with E-state index in [1.54, 1.807) is 30.3 Å². The number of guanidine groups is 1. The minimum Gasteiger partial charge on any atom is -0.357 e. The molecule has 0 aliphatic heterocycles. The fourth-order valence-electron chi connectivity index (χ4n) is 3.38. The van der Waals surface area contributed by atoms with Crippen LogP contribution in [0.2, 0.25) is 0 Å². The van der Waals surface area contributed by atoms with Crippen LogP contribution in [0.15, 0.2) is 58.4 Å². The van der Waals surface area contributed by atoms with E-state index in [9.17, 15) is 12.8 Å². The first kappa shape index (κ1) is 25.5. The van der Waals surface area contributed by atoms with Crippen molar-refractivity contribution in [3.05, 3.63) is 65.5 Å². The number of nitrogens with one attached hydrogen (secondary N) is 2. The van der Waals surface area contributed by atoms with Crippen molar-refractivity contribution in [1.82, 2.24) is 14.9 Å². The van der Waals surface area contributed by atoms with Crippen LogP contribution in [0.4, 0.5) is 4.39 Å². The van der Waals surface area contributed by atoms with E-state index >= 15 is 0 Å². The van der Waals surface area contributed by atoms with E-state index in [1.807, 2.05) is 19.1 Å². The van der Waals surface area contributed by atoms with Crippen molar-refractivity contribution in [2.75, 3.05) is 27.2 Å². The fourth-order valence-corrected chi connectivity index (χ4v) is 4.49. The van der Waals surface area contributed by atoms with Crippen LogP contribution in [-0.2, 0) is 22.0 Å². The van der Waals surface area contributed by atoms with Gasteiger partial charge in [-0.1, -0.05) is 30.3 Å². The van der Waals surface area contributed by atoms with Gasteiger partial charge in [-0.25, -0.2) is 22.1 Å². The topological polar surface area (TPSA) is 73.8 Å². The molecule has 0 heterocycles. The van der Waals surface area contributed by atoms with Crippen LogP contribution < -0.4 is 10.6 Å². The van der Waals surface area contributed by atoms with Gasteiger partial charge in [-0.2, -0.15) is 0 Å². The quantitative estimate of drug-likeness (QED) is 0.295. The molecule has 0 spiro atoms. The summed E-state index contributed by atoms with van der Waals surface area (Å²) >= 11 is 0. The highest BCUT2D eigenvalue weighted by atomic mass is 127. The van der Waals surface area contributed by atoms with Crippen molar-refractivity contribution in [2.24, 2.45) is 4.99 Å². The molecule has 6 nitrogen and oxygen atoms in total. The van der Waals surface area contributed by atoms with Crippen LogP contribution in [0.25, 0.3) is 0 Å². The monoisotopic (exact) mass is 560 g/mol. The Morgan fingerprint density at radius 2 is 1.84 bits per heavy atom. The Balaban J connectivity index is 0.00000341. The molecule has 0 radical (unpaired) electrons. The van der Waals surface area contributed by atoms with Crippen molar-refractivity contribution in [1.29, 1.82) is 0 Å². The highest BCUT2D eigenvalue weighted by Gasteiger charge is 2.44. The van der Waals surface area contributed by atoms with Crippen LogP contribution in [0, 0.1) is 5.82 Å². The van der Waals surface area contributed by atoms with Crippen LogP contribution in [-0.4, -0.2) is 45.9 Å². The van der Waals surface area contributed by atoms with Crippen LogP contribution in [0.5, 0.6) is 0 Å². The zero-order valence-corrected chi connectivity index (χ0v) is 21.2. The van der Waals surface area contributed by atoms with Crippen LogP contribution in [0.1, 0.15) is 30.9 Å². The Morgan fingerprint density at radius 1 is 1.13 bits per heavy atom. The van der Waals surface area contributed by atoms with Gasteiger partial charge in [0.05, 0.1) is 11.4 Å². The first-order valence-corrected chi connectivity index (χ1v) is 11.5. The van der Waals surface area contributed by atoms with Gasteiger partial charge in [-0.05, 0) is 49.1 Å². The molecule has 0 saturated heterocycles. The molecular formula is C22H30FIN4O2S. The molecule has 0 bridgehead atoms. The number of hydrogen-bond donors (Lipinski definition) is 2. The molecule has 0 atom stereocenters. The van der Waals surface area contributed by atoms with E-state index in [4.69, 9.17) is 0 Å². The Kier molecular flexibility index (Phi) is 8.84. The van der Waals surface area contributed by atoms with Gasteiger partial charge in [0, 0.05) is 32.6 Å². The van der Waals surface area contributed by atoms with E-state index < -0.39 is 10.0 Å². The number of sulfonamides is 1. The normalized spacial score (nSPS) is 15.3. The highest BCUT2D eigenvalue weighted by molar-refractivity contribution is 14.0. The predicted octanol–water partition coefficient (Wildman–Crippen LogP) is 3.48. The van der Waals surface area contributed by atoms with Gasteiger partial charge in [0.15, 0.2) is 5.96 Å². The number of hydrogen-bond acceptors (Lipinski definition) is 3. The van der Waals surface area contributed by atoms with Crippen molar-refractivity contribution in [2.45, 2.75) is 36.6 Å². The minimum absolute atomic E-state index is 0. The molecular weight excluding hydrogens is 530 g/mol. The molecule has 31 heavy (non-hydrogen) atoms. The third kappa shape index (κ3) is 6.17. The third-order valence-electron chi connectivity index (χ3n) is 5.37. The number of benzene rings is 2. The summed E-state index contributed by atoms with van der Waals surface area (Å²) in [6, 6.07) is 13.7. The van der Waals surface area contributed by atoms with Crippen molar-refractivity contribution in [3.63, 3.8) is 0 Å². The zero-order chi connectivity index (χ0) is 21.8. The molecule has 1 aliphatic carbocycles. The minimum atomic E-state index is -3.55. The van der Waals surface area contributed by atoms with Crippen molar-refractivity contribution >= 4 is 40.0 Å². The van der Waals surface area contributed by atoms with Crippen LogP contribution >= 0.6 is 24.0 Å². The summed E-state index contributed by atoms with van der Waals surface area (Å²) in [5, 5.41) is 6.55.